The van der Waals surface area contributed by atoms with E-state index in [1.165, 1.54) is 28.0 Å². The fraction of sp³-hybridized carbons (Fsp3) is 0.484. The molecule has 0 aromatic heterocycles. The minimum Gasteiger partial charge on any atom is -0.478 e. The number of hydrogen-bond acceptors (Lipinski definition) is 3. The van der Waals surface area contributed by atoms with Crippen LogP contribution in [0, 0.1) is 11.8 Å². The summed E-state index contributed by atoms with van der Waals surface area (Å²) in [5, 5.41) is 11.9. The van der Waals surface area contributed by atoms with Crippen molar-refractivity contribution in [3.63, 3.8) is 0 Å². The summed E-state index contributed by atoms with van der Waals surface area (Å²) >= 11 is 0. The Morgan fingerprint density at radius 3 is 2.46 bits per heavy atom. The summed E-state index contributed by atoms with van der Waals surface area (Å²) < 4.78 is 5.60. The molecule has 0 radical (unpaired) electrons. The molecule has 2 aromatic carbocycles. The smallest absolute Gasteiger partial charge is 0.347 e. The van der Waals surface area contributed by atoms with Crippen LogP contribution in [0.25, 0.3) is 12.2 Å². The average Bonchev–Trinajstić information content (AvgIpc) is 3.57. The molecule has 37 heavy (non-hydrogen) atoms. The van der Waals surface area contributed by atoms with E-state index >= 15 is 0 Å². The second-order valence-electron chi connectivity index (χ2n) is 11.3. The Kier molecular flexibility index (Phi) is 7.02. The van der Waals surface area contributed by atoms with Crippen molar-refractivity contribution in [2.24, 2.45) is 11.8 Å². The summed E-state index contributed by atoms with van der Waals surface area (Å²) in [6.45, 7) is 7.45. The Hall–Kier alpha value is -3.28. The van der Waals surface area contributed by atoms with Gasteiger partial charge in [-0.05, 0) is 97.6 Å². The van der Waals surface area contributed by atoms with Crippen LogP contribution in [0.1, 0.15) is 57.6 Å². The number of urea groups is 1. The number of hydrogen-bond donors (Lipinski definition) is 1. The topological polar surface area (TPSA) is 70.1 Å². The van der Waals surface area contributed by atoms with Gasteiger partial charge < -0.3 is 19.6 Å². The van der Waals surface area contributed by atoms with Gasteiger partial charge in [0.15, 0.2) is 5.60 Å². The van der Waals surface area contributed by atoms with Gasteiger partial charge in [-0.15, -0.1) is 0 Å². The Morgan fingerprint density at radius 1 is 1.05 bits per heavy atom. The molecule has 0 bridgehead atoms. The third kappa shape index (κ3) is 5.68. The van der Waals surface area contributed by atoms with Crippen molar-refractivity contribution in [1.82, 2.24) is 9.80 Å². The molecule has 196 valence electrons. The molecular weight excluding hydrogens is 464 g/mol. The first-order valence-corrected chi connectivity index (χ1v) is 13.6. The molecule has 3 aliphatic rings. The van der Waals surface area contributed by atoms with Crippen LogP contribution in [0.4, 0.5) is 4.79 Å². The molecule has 1 heterocycles. The highest BCUT2D eigenvalue weighted by molar-refractivity contribution is 5.77. The predicted octanol–water partition coefficient (Wildman–Crippen LogP) is 4.18. The van der Waals surface area contributed by atoms with E-state index in [9.17, 15) is 14.7 Å². The zero-order valence-corrected chi connectivity index (χ0v) is 22.2. The molecule has 2 aliphatic carbocycles. The summed E-state index contributed by atoms with van der Waals surface area (Å²) in [5.74, 6) is 1.03. The van der Waals surface area contributed by atoms with Gasteiger partial charge in [-0.2, -0.15) is 0 Å². The van der Waals surface area contributed by atoms with E-state index in [0.717, 1.165) is 50.6 Å². The Balaban J connectivity index is 1.17. The van der Waals surface area contributed by atoms with Crippen molar-refractivity contribution in [2.75, 3.05) is 13.1 Å². The number of aryl methyl sites for hydroxylation is 1. The second kappa shape index (κ2) is 10.2. The van der Waals surface area contributed by atoms with Crippen LogP contribution in [0.3, 0.4) is 0 Å². The van der Waals surface area contributed by atoms with Crippen LogP contribution in [-0.2, 0) is 17.8 Å². The largest absolute Gasteiger partial charge is 0.478 e. The number of ether oxygens (including phenoxy) is 1. The number of nitrogens with zero attached hydrogens (tertiary/aromatic N) is 2. The molecule has 3 atom stereocenters. The van der Waals surface area contributed by atoms with Crippen LogP contribution in [0.15, 0.2) is 42.5 Å². The van der Waals surface area contributed by atoms with Gasteiger partial charge in [0.05, 0.1) is 6.04 Å². The van der Waals surface area contributed by atoms with E-state index in [1.54, 1.807) is 13.8 Å². The maximum atomic E-state index is 13.3. The van der Waals surface area contributed by atoms with Gasteiger partial charge in [-0.25, -0.2) is 9.59 Å². The predicted molar refractivity (Wildman–Crippen MR) is 145 cm³/mol. The van der Waals surface area contributed by atoms with Crippen LogP contribution < -0.4 is 15.2 Å². The SMILES string of the molecule is CCCN1C(=O)N(Cc2ccc3c(c2)=CC2CC2C=3)CC1CCCc1ccc(OC(C)(C)C(=O)O)cc1. The van der Waals surface area contributed by atoms with Gasteiger partial charge >= 0.3 is 12.0 Å². The van der Waals surface area contributed by atoms with Crippen molar-refractivity contribution < 1.29 is 19.4 Å². The minimum atomic E-state index is -1.26. The Morgan fingerprint density at radius 2 is 1.76 bits per heavy atom. The van der Waals surface area contributed by atoms with Crippen molar-refractivity contribution in [3.8, 4) is 5.75 Å². The summed E-state index contributed by atoms with van der Waals surface area (Å²) in [7, 11) is 0. The lowest BCUT2D eigenvalue weighted by Gasteiger charge is -2.23. The summed E-state index contributed by atoms with van der Waals surface area (Å²) in [6, 6.07) is 14.7. The van der Waals surface area contributed by atoms with Gasteiger partial charge in [-0.3, -0.25) is 0 Å². The Bertz CT molecular complexity index is 1280. The van der Waals surface area contributed by atoms with Crippen LogP contribution in [-0.4, -0.2) is 51.6 Å². The van der Waals surface area contributed by atoms with E-state index in [4.69, 9.17) is 4.74 Å². The van der Waals surface area contributed by atoms with E-state index in [2.05, 4.69) is 42.2 Å². The number of amides is 2. The number of carbonyl (C=O) groups is 2. The highest BCUT2D eigenvalue weighted by Crippen LogP contribution is 2.41. The monoisotopic (exact) mass is 502 g/mol. The number of fused-ring (bicyclic) bond motifs is 2. The fourth-order valence-corrected chi connectivity index (χ4v) is 5.59. The molecule has 2 aromatic rings. The lowest BCUT2D eigenvalue weighted by molar-refractivity contribution is -0.152. The zero-order valence-electron chi connectivity index (χ0n) is 22.2. The molecular formula is C31H38N2O4. The highest BCUT2D eigenvalue weighted by atomic mass is 16.5. The second-order valence-corrected chi connectivity index (χ2v) is 11.3. The summed E-state index contributed by atoms with van der Waals surface area (Å²) in [5.41, 5.74) is 1.13. The lowest BCUT2D eigenvalue weighted by atomic mass is 10.0. The average molecular weight is 503 g/mol. The molecule has 6 heteroatoms. The number of carboxylic acid groups (broad SMARTS) is 1. The molecule has 2 amide bonds. The lowest BCUT2D eigenvalue weighted by Crippen LogP contribution is -2.37. The van der Waals surface area contributed by atoms with Gasteiger partial charge in [0.2, 0.25) is 0 Å². The van der Waals surface area contributed by atoms with Gasteiger partial charge in [-0.1, -0.05) is 43.3 Å². The minimum absolute atomic E-state index is 0.157. The number of rotatable bonds is 11. The first-order valence-electron chi connectivity index (χ1n) is 13.6. The van der Waals surface area contributed by atoms with E-state index in [-0.39, 0.29) is 12.1 Å². The number of aliphatic carboxylic acids is 1. The zero-order chi connectivity index (χ0) is 26.2. The standard InChI is InChI=1S/C31H38N2O4/c1-4-14-33-27(7-5-6-21-9-12-28(13-10-21)37-31(2,3)29(34)35)20-32(30(33)36)19-22-8-11-23-16-25-18-26(25)17-24(23)15-22/h8-13,15-17,25-27H,4-7,14,18-20H2,1-3H3,(H,34,35). The maximum absolute atomic E-state index is 13.3. The van der Waals surface area contributed by atoms with Crippen molar-refractivity contribution >= 4 is 24.2 Å². The van der Waals surface area contributed by atoms with Crippen molar-refractivity contribution in [3.05, 3.63) is 64.0 Å². The number of benzene rings is 2. The van der Waals surface area contributed by atoms with Crippen molar-refractivity contribution in [1.29, 1.82) is 0 Å². The summed E-state index contributed by atoms with van der Waals surface area (Å²) in [6.07, 6.45) is 9.90. The molecule has 0 spiro atoms. The van der Waals surface area contributed by atoms with Gasteiger partial charge in [0.25, 0.3) is 0 Å². The van der Waals surface area contributed by atoms with Gasteiger partial charge in [0.1, 0.15) is 5.75 Å². The fourth-order valence-electron chi connectivity index (χ4n) is 5.59. The molecule has 1 N–H and O–H groups in total. The molecule has 1 saturated heterocycles. The number of carboxylic acids is 1. The quantitative estimate of drug-likeness (QED) is 0.501. The van der Waals surface area contributed by atoms with E-state index < -0.39 is 11.6 Å². The molecule has 6 nitrogen and oxygen atoms in total. The molecule has 1 saturated carbocycles. The number of carbonyl (C=O) groups excluding carboxylic acids is 1. The summed E-state index contributed by atoms with van der Waals surface area (Å²) in [4.78, 5) is 28.7. The van der Waals surface area contributed by atoms with E-state index in [0.29, 0.717) is 12.3 Å². The Labute approximate surface area is 219 Å². The van der Waals surface area contributed by atoms with E-state index in [1.807, 2.05) is 29.2 Å². The third-order valence-corrected chi connectivity index (χ3v) is 7.87. The van der Waals surface area contributed by atoms with Gasteiger partial charge in [0, 0.05) is 19.6 Å². The molecule has 5 rings (SSSR count). The first kappa shape index (κ1) is 25.4. The molecule has 1 aliphatic heterocycles. The van der Waals surface area contributed by atoms with Crippen LogP contribution in [0.2, 0.25) is 0 Å². The third-order valence-electron chi connectivity index (χ3n) is 7.87. The maximum Gasteiger partial charge on any atom is 0.347 e. The first-order chi connectivity index (χ1) is 17.7. The van der Waals surface area contributed by atoms with Crippen LogP contribution in [0.5, 0.6) is 5.75 Å². The van der Waals surface area contributed by atoms with Crippen LogP contribution >= 0.6 is 0 Å². The highest BCUT2D eigenvalue weighted by Gasteiger charge is 2.37. The molecule has 2 fully saturated rings. The normalized spacial score (nSPS) is 22.1. The van der Waals surface area contributed by atoms with Crippen molar-refractivity contribution in [2.45, 2.75) is 71.1 Å². The molecule has 3 unspecified atom stereocenters.